The standard InChI is InChI=1S/C13H15BrF3NO/c14-10-1-2-12(11(7-10)13(15,16)17)19-6-4-9-3-5-18-8-9/h1-2,7,9,18H,3-6,8H2. The number of benzene rings is 1. The van der Waals surface area contributed by atoms with E-state index in [9.17, 15) is 13.2 Å². The number of halogens is 4. The fourth-order valence-electron chi connectivity index (χ4n) is 2.15. The number of hydrogen-bond donors (Lipinski definition) is 1. The first-order chi connectivity index (χ1) is 8.97. The Morgan fingerprint density at radius 3 is 2.79 bits per heavy atom. The van der Waals surface area contributed by atoms with Gasteiger partial charge in [-0.25, -0.2) is 0 Å². The van der Waals surface area contributed by atoms with Gasteiger partial charge in [-0.15, -0.1) is 0 Å². The van der Waals surface area contributed by atoms with Crippen molar-refractivity contribution < 1.29 is 17.9 Å². The van der Waals surface area contributed by atoms with Gasteiger partial charge in [-0.3, -0.25) is 0 Å². The number of ether oxygens (including phenoxy) is 1. The molecule has 0 spiro atoms. The fourth-order valence-corrected chi connectivity index (χ4v) is 2.51. The summed E-state index contributed by atoms with van der Waals surface area (Å²) in [5.41, 5.74) is -0.730. The summed E-state index contributed by atoms with van der Waals surface area (Å²) in [6.07, 6.45) is -2.55. The molecule has 1 aromatic rings. The van der Waals surface area contributed by atoms with Gasteiger partial charge in [-0.2, -0.15) is 13.2 Å². The smallest absolute Gasteiger partial charge is 0.420 e. The zero-order chi connectivity index (χ0) is 13.9. The van der Waals surface area contributed by atoms with Crippen molar-refractivity contribution in [3.63, 3.8) is 0 Å². The van der Waals surface area contributed by atoms with Crippen LogP contribution in [0.5, 0.6) is 5.75 Å². The summed E-state index contributed by atoms with van der Waals surface area (Å²) in [6.45, 7) is 2.23. The summed E-state index contributed by atoms with van der Waals surface area (Å²) in [6, 6.07) is 3.97. The molecule has 2 nitrogen and oxygen atoms in total. The minimum atomic E-state index is -4.39. The molecule has 0 bridgehead atoms. The molecule has 0 radical (unpaired) electrons. The molecular weight excluding hydrogens is 323 g/mol. The van der Waals surface area contributed by atoms with Gasteiger partial charge in [0.15, 0.2) is 0 Å². The van der Waals surface area contributed by atoms with Crippen molar-refractivity contribution in [1.29, 1.82) is 0 Å². The van der Waals surface area contributed by atoms with Crippen molar-refractivity contribution in [2.45, 2.75) is 19.0 Å². The zero-order valence-electron chi connectivity index (χ0n) is 10.3. The first kappa shape index (κ1) is 14.7. The molecule has 1 fully saturated rings. The van der Waals surface area contributed by atoms with Crippen molar-refractivity contribution in [2.75, 3.05) is 19.7 Å². The Hall–Kier alpha value is -0.750. The van der Waals surface area contributed by atoms with Crippen molar-refractivity contribution in [2.24, 2.45) is 5.92 Å². The summed E-state index contributed by atoms with van der Waals surface area (Å²) >= 11 is 3.05. The van der Waals surface area contributed by atoms with E-state index in [-0.39, 0.29) is 5.75 Å². The second-order valence-corrected chi connectivity index (χ2v) is 5.55. The molecular formula is C13H15BrF3NO. The van der Waals surface area contributed by atoms with Crippen LogP contribution in [-0.2, 0) is 6.18 Å². The average molecular weight is 338 g/mol. The molecule has 1 heterocycles. The summed E-state index contributed by atoms with van der Waals surface area (Å²) in [5.74, 6) is 0.409. The minimum absolute atomic E-state index is 0.0957. The highest BCUT2D eigenvalue weighted by Gasteiger charge is 2.34. The third-order valence-corrected chi connectivity index (χ3v) is 3.69. The maximum Gasteiger partial charge on any atom is 0.420 e. The normalized spacial score (nSPS) is 19.7. The van der Waals surface area contributed by atoms with Crippen molar-refractivity contribution in [3.8, 4) is 5.75 Å². The summed E-state index contributed by atoms with van der Waals surface area (Å²) < 4.78 is 44.2. The van der Waals surface area contributed by atoms with Gasteiger partial charge >= 0.3 is 6.18 Å². The second-order valence-electron chi connectivity index (χ2n) is 4.63. The molecule has 1 saturated heterocycles. The molecule has 0 aliphatic carbocycles. The molecule has 1 aliphatic heterocycles. The molecule has 1 aromatic carbocycles. The van der Waals surface area contributed by atoms with Gasteiger partial charge in [0.2, 0.25) is 0 Å². The number of rotatable bonds is 4. The number of alkyl halides is 3. The zero-order valence-corrected chi connectivity index (χ0v) is 11.9. The summed E-state index contributed by atoms with van der Waals surface area (Å²) in [4.78, 5) is 0. The van der Waals surface area contributed by atoms with Gasteiger partial charge in [0.05, 0.1) is 12.2 Å². The van der Waals surface area contributed by atoms with Crippen LogP contribution in [0.2, 0.25) is 0 Å². The maximum absolute atomic E-state index is 12.8. The lowest BCUT2D eigenvalue weighted by atomic mass is 10.1. The molecule has 2 rings (SSSR count). The Labute approximate surface area is 118 Å². The van der Waals surface area contributed by atoms with Crippen LogP contribution in [0, 0.1) is 5.92 Å². The van der Waals surface area contributed by atoms with Crippen molar-refractivity contribution >= 4 is 15.9 Å². The number of nitrogens with one attached hydrogen (secondary N) is 1. The van der Waals surface area contributed by atoms with Crippen LogP contribution in [0.1, 0.15) is 18.4 Å². The molecule has 1 N–H and O–H groups in total. The van der Waals surface area contributed by atoms with Crippen LogP contribution in [-0.4, -0.2) is 19.7 Å². The number of hydrogen-bond acceptors (Lipinski definition) is 2. The molecule has 106 valence electrons. The highest BCUT2D eigenvalue weighted by molar-refractivity contribution is 9.10. The first-order valence-corrected chi connectivity index (χ1v) is 6.96. The Morgan fingerprint density at radius 1 is 1.37 bits per heavy atom. The van der Waals surface area contributed by atoms with Crippen LogP contribution in [0.4, 0.5) is 13.2 Å². The molecule has 0 amide bonds. The van der Waals surface area contributed by atoms with E-state index in [0.717, 1.165) is 32.0 Å². The van der Waals surface area contributed by atoms with E-state index in [1.807, 2.05) is 0 Å². The van der Waals surface area contributed by atoms with Gasteiger partial charge in [0.25, 0.3) is 0 Å². The lowest BCUT2D eigenvalue weighted by Gasteiger charge is -2.15. The van der Waals surface area contributed by atoms with Gasteiger partial charge in [-0.1, -0.05) is 15.9 Å². The van der Waals surface area contributed by atoms with Crippen LogP contribution in [0.25, 0.3) is 0 Å². The van der Waals surface area contributed by atoms with E-state index in [1.165, 1.54) is 6.07 Å². The van der Waals surface area contributed by atoms with Crippen LogP contribution >= 0.6 is 15.9 Å². The Balaban J connectivity index is 1.98. The second kappa shape index (κ2) is 6.13. The van der Waals surface area contributed by atoms with Gasteiger partial charge in [0, 0.05) is 4.47 Å². The third kappa shape index (κ3) is 4.11. The molecule has 6 heteroatoms. The van der Waals surface area contributed by atoms with Crippen LogP contribution in [0.3, 0.4) is 0 Å². The largest absolute Gasteiger partial charge is 0.493 e. The predicted molar refractivity (Wildman–Crippen MR) is 70.2 cm³/mol. The SMILES string of the molecule is FC(F)(F)c1cc(Br)ccc1OCCC1CCNC1. The summed E-state index contributed by atoms with van der Waals surface area (Å²) in [7, 11) is 0. The molecule has 0 aromatic heterocycles. The molecule has 0 saturated carbocycles. The van der Waals surface area contributed by atoms with E-state index >= 15 is 0 Å². The predicted octanol–water partition coefficient (Wildman–Crippen LogP) is 3.85. The fraction of sp³-hybridized carbons (Fsp3) is 0.538. The van der Waals surface area contributed by atoms with Gasteiger partial charge in [-0.05, 0) is 50.0 Å². The van der Waals surface area contributed by atoms with E-state index in [0.29, 0.717) is 17.0 Å². The van der Waals surface area contributed by atoms with Gasteiger partial charge < -0.3 is 10.1 Å². The van der Waals surface area contributed by atoms with Crippen molar-refractivity contribution in [1.82, 2.24) is 5.32 Å². The molecule has 19 heavy (non-hydrogen) atoms. The molecule has 1 unspecified atom stereocenters. The highest BCUT2D eigenvalue weighted by atomic mass is 79.9. The van der Waals surface area contributed by atoms with Gasteiger partial charge in [0.1, 0.15) is 5.75 Å². The quantitative estimate of drug-likeness (QED) is 0.901. The van der Waals surface area contributed by atoms with Crippen LogP contribution < -0.4 is 10.1 Å². The minimum Gasteiger partial charge on any atom is -0.493 e. The van der Waals surface area contributed by atoms with E-state index < -0.39 is 11.7 Å². The average Bonchev–Trinajstić information content (AvgIpc) is 2.83. The Kier molecular flexibility index (Phi) is 4.73. The molecule has 1 atom stereocenters. The van der Waals surface area contributed by atoms with E-state index in [2.05, 4.69) is 21.2 Å². The third-order valence-electron chi connectivity index (χ3n) is 3.19. The van der Waals surface area contributed by atoms with E-state index in [4.69, 9.17) is 4.74 Å². The Bertz CT molecular complexity index is 430. The highest BCUT2D eigenvalue weighted by Crippen LogP contribution is 2.38. The monoisotopic (exact) mass is 337 g/mol. The van der Waals surface area contributed by atoms with Crippen LogP contribution in [0.15, 0.2) is 22.7 Å². The lowest BCUT2D eigenvalue weighted by Crippen LogP contribution is -2.13. The Morgan fingerprint density at radius 2 is 2.16 bits per heavy atom. The first-order valence-electron chi connectivity index (χ1n) is 6.17. The van der Waals surface area contributed by atoms with Crippen molar-refractivity contribution in [3.05, 3.63) is 28.2 Å². The van der Waals surface area contributed by atoms with E-state index in [1.54, 1.807) is 6.07 Å². The molecule has 1 aliphatic rings. The lowest BCUT2D eigenvalue weighted by molar-refractivity contribution is -0.139. The summed E-state index contributed by atoms with van der Waals surface area (Å²) in [5, 5.41) is 3.22. The maximum atomic E-state index is 12.8. The topological polar surface area (TPSA) is 21.3 Å².